The van der Waals surface area contributed by atoms with Crippen molar-refractivity contribution in [3.05, 3.63) is 59.4 Å². The van der Waals surface area contributed by atoms with Crippen LogP contribution in [0.4, 0.5) is 0 Å². The third kappa shape index (κ3) is 2.83. The van der Waals surface area contributed by atoms with Gasteiger partial charge in [-0.15, -0.1) is 0 Å². The Bertz CT molecular complexity index is 846. The van der Waals surface area contributed by atoms with Gasteiger partial charge in [0.1, 0.15) is 18.2 Å². The zero-order valence-corrected chi connectivity index (χ0v) is 13.7. The van der Waals surface area contributed by atoms with E-state index in [-0.39, 0.29) is 0 Å². The van der Waals surface area contributed by atoms with Gasteiger partial charge in [-0.3, -0.25) is 0 Å². The van der Waals surface area contributed by atoms with Crippen molar-refractivity contribution in [3.8, 4) is 5.75 Å². The summed E-state index contributed by atoms with van der Waals surface area (Å²) in [5.74, 6) is 2.85. The fraction of sp³-hybridized carbons (Fsp3) is 0.350. The Hall–Kier alpha value is -2.29. The standard InChI is InChI=1S/C20H22N2O/c1-14-7-10-19(15(2)13-14)23-12-11-22-18-6-4-3-5-17(18)21-20(22)16-8-9-16/h3-7,10,13,16H,8-9,11-12H2,1-2H3. The smallest absolute Gasteiger partial charge is 0.122 e. The van der Waals surface area contributed by atoms with E-state index in [9.17, 15) is 0 Å². The first-order valence-corrected chi connectivity index (χ1v) is 8.37. The van der Waals surface area contributed by atoms with Gasteiger partial charge in [0, 0.05) is 5.92 Å². The Kier molecular flexibility index (Phi) is 3.56. The van der Waals surface area contributed by atoms with Crippen LogP contribution in [0.3, 0.4) is 0 Å². The molecule has 0 atom stereocenters. The molecular formula is C20H22N2O. The van der Waals surface area contributed by atoms with Gasteiger partial charge in [0.05, 0.1) is 17.6 Å². The number of aryl methyl sites for hydroxylation is 2. The van der Waals surface area contributed by atoms with Gasteiger partial charge in [0.25, 0.3) is 0 Å². The average Bonchev–Trinajstić information content (AvgIpc) is 3.32. The Labute approximate surface area is 136 Å². The van der Waals surface area contributed by atoms with E-state index in [1.165, 1.54) is 35.3 Å². The fourth-order valence-electron chi connectivity index (χ4n) is 3.19. The number of aromatic nitrogens is 2. The molecule has 3 nitrogen and oxygen atoms in total. The van der Waals surface area contributed by atoms with Crippen LogP contribution in [0.2, 0.25) is 0 Å². The molecule has 4 rings (SSSR count). The first kappa shape index (κ1) is 14.3. The second kappa shape index (κ2) is 5.73. The van der Waals surface area contributed by atoms with Crippen LogP contribution < -0.4 is 4.74 Å². The Morgan fingerprint density at radius 1 is 1.13 bits per heavy atom. The van der Waals surface area contributed by atoms with Crippen molar-refractivity contribution in [2.75, 3.05) is 6.61 Å². The third-order valence-electron chi connectivity index (χ3n) is 4.53. The molecule has 0 saturated heterocycles. The van der Waals surface area contributed by atoms with E-state index < -0.39 is 0 Å². The van der Waals surface area contributed by atoms with Crippen LogP contribution >= 0.6 is 0 Å². The minimum Gasteiger partial charge on any atom is -0.491 e. The minimum atomic E-state index is 0.642. The van der Waals surface area contributed by atoms with Crippen LogP contribution in [0.15, 0.2) is 42.5 Å². The molecule has 0 unspecified atom stereocenters. The predicted octanol–water partition coefficient (Wildman–Crippen LogP) is 4.61. The molecule has 1 heterocycles. The average molecular weight is 306 g/mol. The summed E-state index contributed by atoms with van der Waals surface area (Å²) in [4.78, 5) is 4.84. The van der Waals surface area contributed by atoms with E-state index in [0.717, 1.165) is 17.8 Å². The molecule has 0 N–H and O–H groups in total. The van der Waals surface area contributed by atoms with E-state index in [4.69, 9.17) is 9.72 Å². The van der Waals surface area contributed by atoms with Gasteiger partial charge in [-0.25, -0.2) is 4.98 Å². The molecule has 3 heteroatoms. The topological polar surface area (TPSA) is 27.1 Å². The van der Waals surface area contributed by atoms with Crippen LogP contribution in [-0.4, -0.2) is 16.2 Å². The Balaban J connectivity index is 1.54. The number of para-hydroxylation sites is 2. The maximum Gasteiger partial charge on any atom is 0.122 e. The van der Waals surface area contributed by atoms with Crippen LogP contribution in [0.5, 0.6) is 5.75 Å². The maximum atomic E-state index is 6.02. The van der Waals surface area contributed by atoms with Gasteiger partial charge < -0.3 is 9.30 Å². The lowest BCUT2D eigenvalue weighted by atomic mass is 10.1. The molecule has 0 aliphatic heterocycles. The first-order valence-electron chi connectivity index (χ1n) is 8.37. The van der Waals surface area contributed by atoms with E-state index in [2.05, 4.69) is 60.9 Å². The summed E-state index contributed by atoms with van der Waals surface area (Å²) in [5, 5.41) is 0. The quantitative estimate of drug-likeness (QED) is 0.688. The number of fused-ring (bicyclic) bond motifs is 1. The van der Waals surface area contributed by atoms with Crippen molar-refractivity contribution in [1.29, 1.82) is 0 Å². The molecular weight excluding hydrogens is 284 g/mol. The van der Waals surface area contributed by atoms with E-state index in [0.29, 0.717) is 12.5 Å². The van der Waals surface area contributed by atoms with Crippen molar-refractivity contribution in [3.63, 3.8) is 0 Å². The van der Waals surface area contributed by atoms with E-state index in [1.54, 1.807) is 0 Å². The van der Waals surface area contributed by atoms with Gasteiger partial charge in [-0.1, -0.05) is 29.8 Å². The maximum absolute atomic E-state index is 6.02. The second-order valence-electron chi connectivity index (χ2n) is 6.50. The molecule has 1 aliphatic carbocycles. The number of nitrogens with zero attached hydrogens (tertiary/aromatic N) is 2. The zero-order valence-electron chi connectivity index (χ0n) is 13.7. The SMILES string of the molecule is Cc1ccc(OCCn2c(C3CC3)nc3ccccc32)c(C)c1. The summed E-state index contributed by atoms with van der Waals surface area (Å²) in [5.41, 5.74) is 4.79. The molecule has 1 aromatic heterocycles. The molecule has 0 amide bonds. The number of hydrogen-bond acceptors (Lipinski definition) is 2. The molecule has 23 heavy (non-hydrogen) atoms. The molecule has 1 saturated carbocycles. The fourth-order valence-corrected chi connectivity index (χ4v) is 3.19. The van der Waals surface area contributed by atoms with Crippen molar-refractivity contribution in [2.45, 2.75) is 39.2 Å². The number of imidazole rings is 1. The van der Waals surface area contributed by atoms with Crippen LogP contribution in [0.1, 0.15) is 35.7 Å². The van der Waals surface area contributed by atoms with Crippen molar-refractivity contribution < 1.29 is 4.74 Å². The molecule has 0 spiro atoms. The molecule has 0 bridgehead atoms. The van der Waals surface area contributed by atoms with Crippen molar-refractivity contribution in [2.24, 2.45) is 0 Å². The lowest BCUT2D eigenvalue weighted by molar-refractivity contribution is 0.296. The number of benzene rings is 2. The van der Waals surface area contributed by atoms with Crippen molar-refractivity contribution >= 4 is 11.0 Å². The summed E-state index contributed by atoms with van der Waals surface area (Å²) in [6.07, 6.45) is 2.53. The normalized spacial score (nSPS) is 14.3. The molecule has 118 valence electrons. The highest BCUT2D eigenvalue weighted by Crippen LogP contribution is 2.40. The summed E-state index contributed by atoms with van der Waals surface area (Å²) in [7, 11) is 0. The van der Waals surface area contributed by atoms with Crippen LogP contribution in [0, 0.1) is 13.8 Å². The zero-order chi connectivity index (χ0) is 15.8. The summed E-state index contributed by atoms with van der Waals surface area (Å²) >= 11 is 0. The molecule has 0 radical (unpaired) electrons. The molecule has 1 fully saturated rings. The summed E-state index contributed by atoms with van der Waals surface area (Å²) < 4.78 is 8.36. The van der Waals surface area contributed by atoms with Gasteiger partial charge in [-0.2, -0.15) is 0 Å². The highest BCUT2D eigenvalue weighted by molar-refractivity contribution is 5.76. The van der Waals surface area contributed by atoms with Crippen LogP contribution in [0.25, 0.3) is 11.0 Å². The van der Waals surface area contributed by atoms with Gasteiger partial charge in [0.15, 0.2) is 0 Å². The third-order valence-corrected chi connectivity index (χ3v) is 4.53. The first-order chi connectivity index (χ1) is 11.2. The molecule has 1 aliphatic rings. The Morgan fingerprint density at radius 3 is 2.74 bits per heavy atom. The summed E-state index contributed by atoms with van der Waals surface area (Å²) in [6.45, 7) is 5.73. The summed E-state index contributed by atoms with van der Waals surface area (Å²) in [6, 6.07) is 14.7. The molecule has 3 aromatic rings. The number of rotatable bonds is 5. The molecule has 2 aromatic carbocycles. The lowest BCUT2D eigenvalue weighted by Gasteiger charge is -2.12. The number of hydrogen-bond donors (Lipinski definition) is 0. The van der Waals surface area contributed by atoms with Gasteiger partial charge in [-0.05, 0) is 50.5 Å². The Morgan fingerprint density at radius 2 is 1.96 bits per heavy atom. The largest absolute Gasteiger partial charge is 0.491 e. The van der Waals surface area contributed by atoms with Crippen molar-refractivity contribution in [1.82, 2.24) is 9.55 Å². The second-order valence-corrected chi connectivity index (χ2v) is 6.50. The highest BCUT2D eigenvalue weighted by atomic mass is 16.5. The van der Waals surface area contributed by atoms with E-state index in [1.807, 2.05) is 0 Å². The van der Waals surface area contributed by atoms with Crippen LogP contribution in [-0.2, 0) is 6.54 Å². The van der Waals surface area contributed by atoms with E-state index >= 15 is 0 Å². The predicted molar refractivity (Wildman–Crippen MR) is 93.1 cm³/mol. The monoisotopic (exact) mass is 306 g/mol. The highest BCUT2D eigenvalue weighted by Gasteiger charge is 2.29. The lowest BCUT2D eigenvalue weighted by Crippen LogP contribution is -2.11. The van der Waals surface area contributed by atoms with Gasteiger partial charge in [0.2, 0.25) is 0 Å². The number of ether oxygens (including phenoxy) is 1. The van der Waals surface area contributed by atoms with Gasteiger partial charge >= 0.3 is 0 Å². The minimum absolute atomic E-state index is 0.642.